The van der Waals surface area contributed by atoms with Gasteiger partial charge in [-0.2, -0.15) is 0 Å². The number of rotatable bonds is 3. The first kappa shape index (κ1) is 13.1. The molecular formula is C16H14NO2Se+. The van der Waals surface area contributed by atoms with Crippen LogP contribution in [0, 0.1) is 0 Å². The molecule has 0 saturated carbocycles. The topological polar surface area (TPSA) is 30.2 Å². The van der Waals surface area contributed by atoms with E-state index in [0.29, 0.717) is 6.54 Å². The van der Waals surface area contributed by atoms with E-state index < -0.39 is 0 Å². The average molecular weight is 331 g/mol. The molecule has 4 heteroatoms. The standard InChI is InChI=1S/C16H14NO2Se/c1-19-14-7-8-15-13(9-14)11-17(16(18)20-15)10-12-5-3-2-4-6-12/h2-9,11H,10H2,1H3/q+1. The Hall–Kier alpha value is -1.90. The predicted molar refractivity (Wildman–Crippen MR) is 79.4 cm³/mol. The van der Waals surface area contributed by atoms with Crippen molar-refractivity contribution in [1.82, 2.24) is 0 Å². The molecule has 3 nitrogen and oxygen atoms in total. The van der Waals surface area contributed by atoms with Crippen LogP contribution in [0.15, 0.2) is 59.5 Å². The summed E-state index contributed by atoms with van der Waals surface area (Å²) < 4.78 is 8.36. The number of fused-ring (bicyclic) bond motifs is 1. The summed E-state index contributed by atoms with van der Waals surface area (Å²) in [6.07, 6.45) is 1.93. The van der Waals surface area contributed by atoms with Crippen LogP contribution in [0.5, 0.6) is 5.75 Å². The molecule has 3 aromatic rings. The molecule has 3 rings (SSSR count). The van der Waals surface area contributed by atoms with Gasteiger partial charge in [0.25, 0.3) is 0 Å². The Kier molecular flexibility index (Phi) is 3.68. The second-order valence-electron chi connectivity index (χ2n) is 4.51. The molecule has 0 spiro atoms. The van der Waals surface area contributed by atoms with Crippen LogP contribution < -0.4 is 13.7 Å². The molecule has 0 N–H and O–H groups in total. The van der Waals surface area contributed by atoms with Crippen LogP contribution in [0.25, 0.3) is 9.65 Å². The third-order valence-corrected chi connectivity index (χ3v) is 5.24. The number of hydrogen-bond donors (Lipinski definition) is 0. The van der Waals surface area contributed by atoms with Gasteiger partial charge in [-0.25, -0.2) is 0 Å². The van der Waals surface area contributed by atoms with Crippen LogP contribution in [0.1, 0.15) is 5.56 Å². The molecular weight excluding hydrogens is 317 g/mol. The van der Waals surface area contributed by atoms with Gasteiger partial charge in [-0.3, -0.25) is 0 Å². The van der Waals surface area contributed by atoms with Gasteiger partial charge in [0.05, 0.1) is 0 Å². The normalized spacial score (nSPS) is 10.7. The van der Waals surface area contributed by atoms with Gasteiger partial charge in [0.15, 0.2) is 0 Å². The number of benzene rings is 2. The molecule has 0 aliphatic rings. The number of nitrogens with zero attached hydrogens (tertiary/aromatic N) is 1. The summed E-state index contributed by atoms with van der Waals surface area (Å²) in [7, 11) is 1.66. The zero-order chi connectivity index (χ0) is 13.9. The third kappa shape index (κ3) is 2.67. The monoisotopic (exact) mass is 332 g/mol. The maximum atomic E-state index is 12.2. The average Bonchev–Trinajstić information content (AvgIpc) is 2.48. The van der Waals surface area contributed by atoms with Crippen molar-refractivity contribution in [3.63, 3.8) is 0 Å². The maximum absolute atomic E-state index is 12.2. The molecule has 0 saturated heterocycles. The summed E-state index contributed by atoms with van der Waals surface area (Å²) in [4.78, 5) is 12.2. The minimum absolute atomic E-state index is 0.162. The van der Waals surface area contributed by atoms with Gasteiger partial charge in [0, 0.05) is 0 Å². The number of aromatic nitrogens is 1. The molecule has 0 unspecified atom stereocenters. The van der Waals surface area contributed by atoms with Crippen LogP contribution in [0.2, 0.25) is 0 Å². The Morgan fingerprint density at radius 2 is 1.95 bits per heavy atom. The summed E-state index contributed by atoms with van der Waals surface area (Å²) >= 11 is -0.162. The van der Waals surface area contributed by atoms with Gasteiger partial charge in [0.2, 0.25) is 0 Å². The fraction of sp³-hybridized carbons (Fsp3) is 0.125. The molecule has 1 heterocycles. The third-order valence-electron chi connectivity index (χ3n) is 3.14. The molecule has 2 aromatic carbocycles. The molecule has 1 aromatic heterocycles. The Labute approximate surface area is 122 Å². The molecule has 0 amide bonds. The van der Waals surface area contributed by atoms with Crippen LogP contribution in [0.3, 0.4) is 0 Å². The van der Waals surface area contributed by atoms with E-state index in [9.17, 15) is 4.79 Å². The zero-order valence-electron chi connectivity index (χ0n) is 11.1. The van der Waals surface area contributed by atoms with E-state index in [0.717, 1.165) is 21.0 Å². The Balaban J connectivity index is 2.06. The van der Waals surface area contributed by atoms with Gasteiger partial charge in [-0.1, -0.05) is 0 Å². The van der Waals surface area contributed by atoms with E-state index >= 15 is 0 Å². The summed E-state index contributed by atoms with van der Waals surface area (Å²) in [5, 5.41) is 1.08. The molecule has 100 valence electrons. The molecule has 20 heavy (non-hydrogen) atoms. The summed E-state index contributed by atoms with van der Waals surface area (Å²) in [6.45, 7) is 0.623. The van der Waals surface area contributed by atoms with Crippen molar-refractivity contribution >= 4 is 24.1 Å². The Morgan fingerprint density at radius 1 is 1.15 bits per heavy atom. The van der Waals surface area contributed by atoms with Crippen molar-refractivity contribution in [2.75, 3.05) is 7.11 Å². The first-order valence-electron chi connectivity index (χ1n) is 6.31. The van der Waals surface area contributed by atoms with Crippen molar-refractivity contribution < 1.29 is 9.30 Å². The Morgan fingerprint density at radius 3 is 2.70 bits per heavy atom. The van der Waals surface area contributed by atoms with Crippen LogP contribution in [-0.2, 0) is 6.54 Å². The van der Waals surface area contributed by atoms with Gasteiger partial charge in [-0.15, -0.1) is 0 Å². The van der Waals surface area contributed by atoms with Crippen molar-refractivity contribution in [3.05, 3.63) is 69.5 Å². The first-order chi connectivity index (χ1) is 9.76. The molecule has 0 atom stereocenters. The molecule has 0 fully saturated rings. The molecule has 0 aliphatic carbocycles. The van der Waals surface area contributed by atoms with Crippen LogP contribution >= 0.6 is 0 Å². The van der Waals surface area contributed by atoms with Gasteiger partial charge < -0.3 is 0 Å². The van der Waals surface area contributed by atoms with E-state index in [1.54, 1.807) is 11.7 Å². The van der Waals surface area contributed by atoms with Crippen LogP contribution in [0.4, 0.5) is 0 Å². The van der Waals surface area contributed by atoms with E-state index in [2.05, 4.69) is 0 Å². The van der Waals surface area contributed by atoms with E-state index in [-0.39, 0.29) is 18.9 Å². The molecule has 0 aliphatic heterocycles. The SMILES string of the molecule is COc1ccc2[se]c(=O)[n+](Cc3ccccc3)cc2c1. The van der Waals surface area contributed by atoms with Gasteiger partial charge >= 0.3 is 122 Å². The first-order valence-corrected chi connectivity index (χ1v) is 8.03. The quantitative estimate of drug-likeness (QED) is 0.539. The Bertz CT molecular complexity index is 796. The van der Waals surface area contributed by atoms with Crippen molar-refractivity contribution in [3.8, 4) is 5.75 Å². The van der Waals surface area contributed by atoms with E-state index in [1.165, 1.54) is 0 Å². The number of ether oxygens (including phenoxy) is 1. The van der Waals surface area contributed by atoms with E-state index in [1.807, 2.05) is 54.7 Å². The fourth-order valence-electron chi connectivity index (χ4n) is 2.11. The molecule has 0 radical (unpaired) electrons. The van der Waals surface area contributed by atoms with Crippen molar-refractivity contribution in [2.24, 2.45) is 0 Å². The summed E-state index contributed by atoms with van der Waals surface area (Å²) in [6, 6.07) is 15.9. The second kappa shape index (κ2) is 5.61. The summed E-state index contributed by atoms with van der Waals surface area (Å²) in [5.74, 6) is 0.824. The van der Waals surface area contributed by atoms with E-state index in [4.69, 9.17) is 4.74 Å². The minimum atomic E-state index is -0.162. The van der Waals surface area contributed by atoms with Crippen molar-refractivity contribution in [1.29, 1.82) is 0 Å². The summed E-state index contributed by atoms with van der Waals surface area (Å²) in [5.41, 5.74) is 1.14. The van der Waals surface area contributed by atoms with Crippen molar-refractivity contribution in [2.45, 2.75) is 6.54 Å². The van der Waals surface area contributed by atoms with Gasteiger partial charge in [0.1, 0.15) is 0 Å². The van der Waals surface area contributed by atoms with Gasteiger partial charge in [-0.05, 0) is 0 Å². The number of methoxy groups -OCH3 is 1. The molecule has 0 bridgehead atoms. The number of hydrogen-bond acceptors (Lipinski definition) is 2. The fourth-order valence-corrected chi connectivity index (χ4v) is 3.76. The zero-order valence-corrected chi connectivity index (χ0v) is 12.8. The predicted octanol–water partition coefficient (Wildman–Crippen LogP) is 1.60. The second-order valence-corrected chi connectivity index (χ2v) is 6.60. The van der Waals surface area contributed by atoms with Crippen LogP contribution in [-0.4, -0.2) is 21.6 Å².